The molecule has 5 heteroatoms. The largest absolute Gasteiger partial charge is 0.481 e. The Kier molecular flexibility index (Phi) is 8.94. The van der Waals surface area contributed by atoms with Gasteiger partial charge in [0.1, 0.15) is 0 Å². The first kappa shape index (κ1) is 18.7. The lowest BCUT2D eigenvalue weighted by Crippen LogP contribution is -2.26. The number of ether oxygens (including phenoxy) is 3. The van der Waals surface area contributed by atoms with Gasteiger partial charge in [-0.1, -0.05) is 12.8 Å². The zero-order valence-corrected chi connectivity index (χ0v) is 14.2. The average Bonchev–Trinajstić information content (AvgIpc) is 2.58. The van der Waals surface area contributed by atoms with Crippen molar-refractivity contribution in [3.63, 3.8) is 0 Å². The van der Waals surface area contributed by atoms with Crippen molar-refractivity contribution in [2.45, 2.75) is 83.0 Å². The molecule has 0 aromatic carbocycles. The van der Waals surface area contributed by atoms with E-state index < -0.39 is 5.97 Å². The monoisotopic (exact) mass is 328 g/mol. The number of carboxylic acid groups (broad SMARTS) is 1. The van der Waals surface area contributed by atoms with Crippen molar-refractivity contribution >= 4 is 5.97 Å². The normalized spacial score (nSPS) is 28.6. The summed E-state index contributed by atoms with van der Waals surface area (Å²) >= 11 is 0. The van der Waals surface area contributed by atoms with Gasteiger partial charge in [-0.15, -0.1) is 0 Å². The molecule has 134 valence electrons. The molecular formula is C18H32O5. The molecule has 0 radical (unpaired) electrons. The van der Waals surface area contributed by atoms with Gasteiger partial charge in [-0.05, 0) is 57.8 Å². The van der Waals surface area contributed by atoms with Crippen molar-refractivity contribution in [1.29, 1.82) is 0 Å². The van der Waals surface area contributed by atoms with Gasteiger partial charge in [0.05, 0.1) is 12.0 Å². The second-order valence-electron chi connectivity index (χ2n) is 6.76. The smallest absolute Gasteiger partial charge is 0.306 e. The molecule has 1 N–H and O–H groups in total. The van der Waals surface area contributed by atoms with Crippen molar-refractivity contribution in [2.75, 3.05) is 19.8 Å². The third-order valence-corrected chi connectivity index (χ3v) is 4.86. The SMILES string of the molecule is O=C(O)[C@H]1CC[C@H](OCCCCCCOC2CCCCO2)CC1. The van der Waals surface area contributed by atoms with Crippen LogP contribution in [0.15, 0.2) is 0 Å². The van der Waals surface area contributed by atoms with Crippen LogP contribution < -0.4 is 0 Å². The van der Waals surface area contributed by atoms with Crippen LogP contribution in [0.2, 0.25) is 0 Å². The van der Waals surface area contributed by atoms with E-state index >= 15 is 0 Å². The lowest BCUT2D eigenvalue weighted by Gasteiger charge is -2.26. The number of carbonyl (C=O) groups is 1. The molecular weight excluding hydrogens is 296 g/mol. The fraction of sp³-hybridized carbons (Fsp3) is 0.944. The van der Waals surface area contributed by atoms with Gasteiger partial charge in [-0.3, -0.25) is 4.79 Å². The van der Waals surface area contributed by atoms with Crippen LogP contribution in [0.25, 0.3) is 0 Å². The molecule has 1 aliphatic heterocycles. The highest BCUT2D eigenvalue weighted by molar-refractivity contribution is 5.70. The average molecular weight is 328 g/mol. The molecule has 2 rings (SSSR count). The number of carboxylic acids is 1. The molecule has 1 aliphatic carbocycles. The number of rotatable bonds is 10. The van der Waals surface area contributed by atoms with Crippen molar-refractivity contribution < 1.29 is 24.1 Å². The van der Waals surface area contributed by atoms with Gasteiger partial charge < -0.3 is 19.3 Å². The van der Waals surface area contributed by atoms with E-state index in [1.165, 1.54) is 19.3 Å². The Bertz CT molecular complexity index is 319. The first-order valence-corrected chi connectivity index (χ1v) is 9.33. The minimum absolute atomic E-state index is 0.0352. The van der Waals surface area contributed by atoms with E-state index in [1.807, 2.05) is 0 Å². The summed E-state index contributed by atoms with van der Waals surface area (Å²) in [4.78, 5) is 10.9. The summed E-state index contributed by atoms with van der Waals surface area (Å²) in [6, 6.07) is 0. The van der Waals surface area contributed by atoms with Crippen LogP contribution in [0.4, 0.5) is 0 Å². The Labute approximate surface area is 139 Å². The summed E-state index contributed by atoms with van der Waals surface area (Å²) in [5.74, 6) is -0.799. The molecule has 0 spiro atoms. The topological polar surface area (TPSA) is 65.0 Å². The highest BCUT2D eigenvalue weighted by Crippen LogP contribution is 2.26. The Hall–Kier alpha value is -0.650. The zero-order valence-electron chi connectivity index (χ0n) is 14.2. The Morgan fingerprint density at radius 3 is 2.22 bits per heavy atom. The van der Waals surface area contributed by atoms with Gasteiger partial charge in [0.25, 0.3) is 0 Å². The van der Waals surface area contributed by atoms with E-state index in [0.29, 0.717) is 0 Å². The third kappa shape index (κ3) is 7.64. The molecule has 0 bridgehead atoms. The van der Waals surface area contributed by atoms with E-state index in [-0.39, 0.29) is 18.3 Å². The lowest BCUT2D eigenvalue weighted by molar-refractivity contribution is -0.162. The summed E-state index contributed by atoms with van der Waals surface area (Å²) in [6.45, 7) is 2.44. The summed E-state index contributed by atoms with van der Waals surface area (Å²) in [7, 11) is 0. The van der Waals surface area contributed by atoms with Crippen LogP contribution in [-0.2, 0) is 19.0 Å². The van der Waals surface area contributed by atoms with Crippen LogP contribution >= 0.6 is 0 Å². The van der Waals surface area contributed by atoms with Crippen LogP contribution in [-0.4, -0.2) is 43.3 Å². The number of hydrogen-bond acceptors (Lipinski definition) is 4. The summed E-state index contributed by atoms with van der Waals surface area (Å²) in [5.41, 5.74) is 0. The van der Waals surface area contributed by atoms with Gasteiger partial charge in [0, 0.05) is 19.8 Å². The maximum atomic E-state index is 10.9. The Morgan fingerprint density at radius 1 is 0.913 bits per heavy atom. The predicted octanol–water partition coefficient (Wildman–Crippen LogP) is 3.75. The first-order valence-electron chi connectivity index (χ1n) is 9.33. The fourth-order valence-corrected chi connectivity index (χ4v) is 3.34. The maximum absolute atomic E-state index is 10.9. The van der Waals surface area contributed by atoms with Crippen molar-refractivity contribution in [3.05, 3.63) is 0 Å². The molecule has 1 saturated heterocycles. The van der Waals surface area contributed by atoms with Gasteiger partial charge in [0.2, 0.25) is 0 Å². The summed E-state index contributed by atoms with van der Waals surface area (Å²) in [6.07, 6.45) is 11.6. The molecule has 5 nitrogen and oxygen atoms in total. The minimum atomic E-state index is -0.649. The number of hydrogen-bond donors (Lipinski definition) is 1. The summed E-state index contributed by atoms with van der Waals surface area (Å²) < 4.78 is 17.1. The van der Waals surface area contributed by atoms with Crippen LogP contribution in [0.5, 0.6) is 0 Å². The van der Waals surface area contributed by atoms with Gasteiger partial charge in [-0.2, -0.15) is 0 Å². The van der Waals surface area contributed by atoms with Crippen LogP contribution in [0.1, 0.15) is 70.6 Å². The second-order valence-corrected chi connectivity index (χ2v) is 6.76. The Balaban J connectivity index is 1.36. The standard InChI is InChI=1S/C18H32O5/c19-18(20)15-8-10-16(11-9-15)21-12-4-1-2-5-13-22-17-7-3-6-14-23-17/h15-17H,1-14H2,(H,19,20)/t15-,16-,17?. The van der Waals surface area contributed by atoms with Gasteiger partial charge in [-0.25, -0.2) is 0 Å². The lowest BCUT2D eigenvalue weighted by atomic mass is 9.87. The number of aliphatic carboxylic acids is 1. The molecule has 2 aliphatic rings. The molecule has 1 atom stereocenters. The molecule has 1 saturated carbocycles. The molecule has 2 fully saturated rings. The molecule has 0 aromatic heterocycles. The Morgan fingerprint density at radius 2 is 1.61 bits per heavy atom. The second kappa shape index (κ2) is 11.0. The van der Waals surface area contributed by atoms with Gasteiger partial charge in [0.15, 0.2) is 6.29 Å². The van der Waals surface area contributed by atoms with E-state index in [9.17, 15) is 4.79 Å². The molecule has 1 heterocycles. The van der Waals surface area contributed by atoms with Crippen molar-refractivity contribution in [2.24, 2.45) is 5.92 Å². The first-order chi connectivity index (χ1) is 11.3. The zero-order chi connectivity index (χ0) is 16.3. The van der Waals surface area contributed by atoms with E-state index in [4.69, 9.17) is 19.3 Å². The quantitative estimate of drug-likeness (QED) is 0.619. The van der Waals surface area contributed by atoms with Gasteiger partial charge >= 0.3 is 5.97 Å². The molecule has 23 heavy (non-hydrogen) atoms. The van der Waals surface area contributed by atoms with Crippen molar-refractivity contribution in [1.82, 2.24) is 0 Å². The summed E-state index contributed by atoms with van der Waals surface area (Å²) in [5, 5.41) is 8.97. The van der Waals surface area contributed by atoms with E-state index in [2.05, 4.69) is 0 Å². The maximum Gasteiger partial charge on any atom is 0.306 e. The van der Waals surface area contributed by atoms with E-state index in [0.717, 1.165) is 71.2 Å². The predicted molar refractivity (Wildman–Crippen MR) is 87.3 cm³/mol. The number of unbranched alkanes of at least 4 members (excludes halogenated alkanes) is 3. The fourth-order valence-electron chi connectivity index (χ4n) is 3.34. The third-order valence-electron chi connectivity index (χ3n) is 4.86. The molecule has 1 unspecified atom stereocenters. The molecule has 0 amide bonds. The van der Waals surface area contributed by atoms with Crippen LogP contribution in [0, 0.1) is 5.92 Å². The highest BCUT2D eigenvalue weighted by atomic mass is 16.7. The van der Waals surface area contributed by atoms with E-state index in [1.54, 1.807) is 0 Å². The van der Waals surface area contributed by atoms with Crippen molar-refractivity contribution in [3.8, 4) is 0 Å². The van der Waals surface area contributed by atoms with Crippen LogP contribution in [0.3, 0.4) is 0 Å². The highest BCUT2D eigenvalue weighted by Gasteiger charge is 2.26. The minimum Gasteiger partial charge on any atom is -0.481 e. The molecule has 0 aromatic rings.